The van der Waals surface area contributed by atoms with Crippen LogP contribution < -0.4 is 16.3 Å². The van der Waals surface area contributed by atoms with Gasteiger partial charge >= 0.3 is 5.63 Å². The fourth-order valence-corrected chi connectivity index (χ4v) is 11.6. The third-order valence-corrected chi connectivity index (χ3v) is 16.1. The number of ether oxygens (including phenoxy) is 8. The lowest BCUT2D eigenvalue weighted by Gasteiger charge is -2.49. The summed E-state index contributed by atoms with van der Waals surface area (Å²) in [6.45, 7) is 3.63. The molecular weight excluding hydrogens is 1010 g/mol. The van der Waals surface area contributed by atoms with Crippen molar-refractivity contribution >= 4 is 28.7 Å². The maximum atomic E-state index is 14.2. The van der Waals surface area contributed by atoms with Gasteiger partial charge in [0.25, 0.3) is 5.91 Å². The van der Waals surface area contributed by atoms with Crippen LogP contribution in [0.25, 0.3) is 11.0 Å². The van der Waals surface area contributed by atoms with Crippen molar-refractivity contribution in [2.75, 3.05) is 39.5 Å². The Morgan fingerprint density at radius 2 is 1.48 bits per heavy atom. The van der Waals surface area contributed by atoms with Crippen LogP contribution in [0.5, 0.6) is 0 Å². The lowest BCUT2D eigenvalue weighted by Crippen LogP contribution is -2.67. The molecule has 24 nitrogen and oxygen atoms in total. The van der Waals surface area contributed by atoms with Crippen LogP contribution in [-0.4, -0.2) is 213 Å². The van der Waals surface area contributed by atoms with Gasteiger partial charge in [-0.05, 0) is 56.6 Å². The minimum absolute atomic E-state index is 0.0746. The number of carbonyl (C=O) groups is 3. The molecule has 4 saturated heterocycles. The lowest BCUT2D eigenvalue weighted by molar-refractivity contribution is -0.338. The molecule has 1 aromatic carbocycles. The van der Waals surface area contributed by atoms with E-state index in [0.29, 0.717) is 36.9 Å². The summed E-state index contributed by atoms with van der Waals surface area (Å²) in [5.74, 6) is -2.37. The van der Waals surface area contributed by atoms with E-state index in [-0.39, 0.29) is 50.0 Å². The van der Waals surface area contributed by atoms with Gasteiger partial charge in [-0.2, -0.15) is 0 Å². The van der Waals surface area contributed by atoms with Gasteiger partial charge in [0.05, 0.1) is 50.3 Å². The molecule has 0 bridgehead atoms. The molecule has 4 aliphatic heterocycles. The van der Waals surface area contributed by atoms with E-state index >= 15 is 0 Å². The second-order valence-corrected chi connectivity index (χ2v) is 21.5. The molecule has 24 heteroatoms. The monoisotopic (exact) mass is 1090 g/mol. The molecule has 8 rings (SSSR count). The van der Waals surface area contributed by atoms with Gasteiger partial charge in [0.1, 0.15) is 78.8 Å². The number of nitrogens with zero attached hydrogens (tertiary/aromatic N) is 1. The highest BCUT2D eigenvalue weighted by molar-refractivity contribution is 5.82. The van der Waals surface area contributed by atoms with Crippen molar-refractivity contribution in [1.82, 2.24) is 15.5 Å². The second kappa shape index (κ2) is 27.1. The van der Waals surface area contributed by atoms with E-state index in [0.717, 1.165) is 38.5 Å². The molecule has 12 unspecified atom stereocenters. The molecule has 2 aliphatic carbocycles. The van der Waals surface area contributed by atoms with E-state index in [1.54, 1.807) is 35.2 Å². The number of aliphatic hydroxyl groups is 8. The zero-order valence-electron chi connectivity index (χ0n) is 43.9. The minimum atomic E-state index is -1.70. The Morgan fingerprint density at radius 1 is 0.779 bits per heavy atom. The van der Waals surface area contributed by atoms with Crippen LogP contribution in [0.1, 0.15) is 90.5 Å². The topological polar surface area (TPSA) is 344 Å². The fourth-order valence-electron chi connectivity index (χ4n) is 11.6. The molecule has 2 aromatic rings. The van der Waals surface area contributed by atoms with Crippen LogP contribution in [0.2, 0.25) is 0 Å². The van der Waals surface area contributed by atoms with Crippen LogP contribution in [0, 0.1) is 17.8 Å². The van der Waals surface area contributed by atoms with Crippen molar-refractivity contribution in [2.45, 2.75) is 202 Å². The molecule has 432 valence electrons. The zero-order chi connectivity index (χ0) is 55.1. The molecular formula is C53H79N3O21. The minimum Gasteiger partial charge on any atom is -0.422 e. The first-order valence-electron chi connectivity index (χ1n) is 27.3. The van der Waals surface area contributed by atoms with Crippen molar-refractivity contribution in [3.05, 3.63) is 46.3 Å². The van der Waals surface area contributed by atoms with Crippen molar-refractivity contribution in [3.8, 4) is 0 Å². The smallest absolute Gasteiger partial charge is 0.341 e. The number of rotatable bonds is 21. The molecule has 0 radical (unpaired) electrons. The summed E-state index contributed by atoms with van der Waals surface area (Å²) in [5, 5.41) is 93.5. The first-order valence-corrected chi connectivity index (χ1v) is 27.3. The Labute approximate surface area is 446 Å². The summed E-state index contributed by atoms with van der Waals surface area (Å²) in [4.78, 5) is 55.8. The second-order valence-electron chi connectivity index (χ2n) is 21.5. The Morgan fingerprint density at radius 3 is 2.16 bits per heavy atom. The van der Waals surface area contributed by atoms with Gasteiger partial charge in [0, 0.05) is 37.9 Å². The average Bonchev–Trinajstić information content (AvgIpc) is 3.41. The average molecular weight is 1090 g/mol. The van der Waals surface area contributed by atoms with Gasteiger partial charge in [-0.15, -0.1) is 0 Å². The van der Waals surface area contributed by atoms with Gasteiger partial charge in [0.15, 0.2) is 18.9 Å². The van der Waals surface area contributed by atoms with Crippen LogP contribution in [0.3, 0.4) is 0 Å². The molecule has 6 fully saturated rings. The molecule has 1 aromatic heterocycles. The van der Waals surface area contributed by atoms with E-state index in [1.807, 2.05) is 6.92 Å². The van der Waals surface area contributed by atoms with Crippen LogP contribution >= 0.6 is 0 Å². The first kappa shape index (κ1) is 59.3. The highest BCUT2D eigenvalue weighted by Gasteiger charge is 2.53. The Hall–Kier alpha value is -3.80. The summed E-state index contributed by atoms with van der Waals surface area (Å²) in [7, 11) is 0. The predicted octanol–water partition coefficient (Wildman–Crippen LogP) is -1.18. The number of nitrogens with one attached hydrogen (secondary N) is 2. The van der Waals surface area contributed by atoms with Crippen molar-refractivity contribution in [2.24, 2.45) is 17.8 Å². The fraction of sp³-hybridized carbons (Fsp3) is 0.774. The van der Waals surface area contributed by atoms with Gasteiger partial charge in [0.2, 0.25) is 11.8 Å². The zero-order valence-corrected chi connectivity index (χ0v) is 43.9. The number of aliphatic hydroxyl groups excluding tert-OH is 8. The molecule has 10 N–H and O–H groups in total. The summed E-state index contributed by atoms with van der Waals surface area (Å²) in [5.41, 5.74) is -0.184. The third-order valence-electron chi connectivity index (χ3n) is 16.1. The third kappa shape index (κ3) is 14.0. The largest absolute Gasteiger partial charge is 0.422 e. The highest BCUT2D eigenvalue weighted by atomic mass is 16.7. The Balaban J connectivity index is 0.980. The first-order chi connectivity index (χ1) is 37.0. The molecule has 2 saturated carbocycles. The van der Waals surface area contributed by atoms with Crippen molar-refractivity contribution < 1.29 is 97.5 Å². The maximum absolute atomic E-state index is 14.2. The summed E-state index contributed by atoms with van der Waals surface area (Å²) in [6, 6.07) is 7.16. The molecule has 0 spiro atoms. The number of hydrogen-bond acceptors (Lipinski definition) is 21. The quantitative estimate of drug-likeness (QED) is 0.0520. The van der Waals surface area contributed by atoms with Crippen LogP contribution in [-0.2, 0) is 58.9 Å². The van der Waals surface area contributed by atoms with E-state index in [9.17, 15) is 60.0 Å². The maximum Gasteiger partial charge on any atom is 0.341 e. The SMILES string of the molecule is CCC1CC(C(=O)NCCO[C@H]2OC(CO)[C@@H](O)C(OCc3cc4ccccc4oc3=O)C2O)C[C@@H](O[C@@H]2OC(CO)[C@H](O)C(O[C@@H](CC3CCCCC3)C(=O)N3CCC3)C2NC(C)=O)C1O[C@@H]1OC(C)[C@@H](O)C(O)C1O. The molecule has 6 aliphatic rings. The number of amides is 3. The molecule has 20 atom stereocenters. The molecule has 3 amide bonds. The summed E-state index contributed by atoms with van der Waals surface area (Å²) >= 11 is 0. The number of benzene rings is 1. The van der Waals surface area contributed by atoms with Crippen LogP contribution in [0.15, 0.2) is 39.5 Å². The molecule has 77 heavy (non-hydrogen) atoms. The number of fused-ring (bicyclic) bond motifs is 1. The van der Waals surface area contributed by atoms with Gasteiger partial charge in [-0.25, -0.2) is 4.79 Å². The van der Waals surface area contributed by atoms with E-state index < -0.39 is 153 Å². The van der Waals surface area contributed by atoms with Crippen molar-refractivity contribution in [1.29, 1.82) is 0 Å². The summed E-state index contributed by atoms with van der Waals surface area (Å²) < 4.78 is 54.8. The summed E-state index contributed by atoms with van der Waals surface area (Å²) in [6.07, 6.45) is -16.6. The number of likely N-dealkylation sites (tertiary alicyclic amines) is 1. The van der Waals surface area contributed by atoms with Gasteiger partial charge in [-0.3, -0.25) is 14.4 Å². The number of carbonyl (C=O) groups excluding carboxylic acids is 3. The standard InChI is InChI=1S/C53H79N3O21/c1-4-29-20-31(48(66)54-15-18-69-52-44(65)47(41(62)37(24-58)76-52)70-25-32-21-30-13-8-9-14-33(30)73-50(32)68)22-34(45(29)77-53-43(64)42(63)39(60)26(2)71-53)74-51-38(55-27(3)59)46(40(61)36(23-57)75-51)72-35(49(67)56-16-10-17-56)19-28-11-6-5-7-12-28/h8-9,13-14,21,26,28-29,31,34-47,51-53,57-58,60-65H,4-7,10-12,15-20,22-25H2,1-3H3,(H,54,66)(H,55,59)/t26?,29?,31?,34-,35+,36?,37?,38?,39-,40+,41-,42?,43?,44?,45?,46?,47?,51-,52+,53+/m1/s1. The van der Waals surface area contributed by atoms with Crippen molar-refractivity contribution in [3.63, 3.8) is 0 Å². The van der Waals surface area contributed by atoms with Gasteiger partial charge < -0.3 is 98.7 Å². The van der Waals surface area contributed by atoms with E-state index in [4.69, 9.17) is 42.3 Å². The molecule has 5 heterocycles. The highest BCUT2D eigenvalue weighted by Crippen LogP contribution is 2.40. The Bertz CT molecular complexity index is 2300. The number of hydrogen-bond donors (Lipinski definition) is 10. The Kier molecular flexibility index (Phi) is 20.9. The van der Waals surface area contributed by atoms with Crippen LogP contribution in [0.4, 0.5) is 0 Å². The lowest BCUT2D eigenvalue weighted by atomic mass is 9.75. The van der Waals surface area contributed by atoms with E-state index in [1.165, 1.54) is 13.8 Å². The normalized spacial score (nSPS) is 37.4. The number of para-hydroxylation sites is 1. The van der Waals surface area contributed by atoms with Gasteiger partial charge in [-0.1, -0.05) is 63.6 Å². The predicted molar refractivity (Wildman–Crippen MR) is 267 cm³/mol. The van der Waals surface area contributed by atoms with E-state index in [2.05, 4.69) is 10.6 Å².